The van der Waals surface area contributed by atoms with Gasteiger partial charge in [0.15, 0.2) is 5.13 Å². The Bertz CT molecular complexity index is 467. The topological polar surface area (TPSA) is 28.2 Å². The summed E-state index contributed by atoms with van der Waals surface area (Å²) < 4.78 is 0. The van der Waals surface area contributed by atoms with Gasteiger partial charge in [-0.2, -0.15) is 0 Å². The fourth-order valence-corrected chi connectivity index (χ4v) is 3.47. The summed E-state index contributed by atoms with van der Waals surface area (Å²) in [6.07, 6.45) is 5.57. The standard InChI is InChI=1S/C16H27N3S/c1-11-14(9-17-16(2,3)4)20-15(18-11)19(13-7-8-13)10-12-5-6-12/h12-13,17H,5-10H2,1-4H3. The molecule has 20 heavy (non-hydrogen) atoms. The number of aromatic nitrogens is 1. The van der Waals surface area contributed by atoms with Crippen LogP contribution < -0.4 is 10.2 Å². The number of hydrogen-bond donors (Lipinski definition) is 1. The van der Waals surface area contributed by atoms with E-state index >= 15 is 0 Å². The molecule has 0 aromatic carbocycles. The van der Waals surface area contributed by atoms with Crippen molar-refractivity contribution >= 4 is 16.5 Å². The van der Waals surface area contributed by atoms with Gasteiger partial charge in [-0.1, -0.05) is 0 Å². The summed E-state index contributed by atoms with van der Waals surface area (Å²) in [5, 5.41) is 4.85. The van der Waals surface area contributed by atoms with Gasteiger partial charge in [-0.3, -0.25) is 0 Å². The number of anilines is 1. The number of thiazole rings is 1. The molecule has 3 rings (SSSR count). The van der Waals surface area contributed by atoms with Crippen LogP contribution in [-0.2, 0) is 6.54 Å². The molecule has 1 N–H and O–H groups in total. The third-order valence-corrected chi connectivity index (χ3v) is 5.24. The van der Waals surface area contributed by atoms with Crippen LogP contribution in [0, 0.1) is 12.8 Å². The van der Waals surface area contributed by atoms with Gasteiger partial charge in [-0.15, -0.1) is 11.3 Å². The number of nitrogens with one attached hydrogen (secondary N) is 1. The number of rotatable bonds is 6. The molecule has 0 saturated heterocycles. The second-order valence-corrected chi connectivity index (χ2v) is 8.50. The molecule has 3 nitrogen and oxygen atoms in total. The zero-order valence-corrected chi connectivity index (χ0v) is 14.0. The molecule has 0 atom stereocenters. The predicted octanol–water partition coefficient (Wildman–Crippen LogP) is 3.72. The van der Waals surface area contributed by atoms with Crippen molar-refractivity contribution in [3.63, 3.8) is 0 Å². The van der Waals surface area contributed by atoms with Gasteiger partial charge < -0.3 is 10.2 Å². The van der Waals surface area contributed by atoms with E-state index in [0.29, 0.717) is 0 Å². The Morgan fingerprint density at radius 1 is 1.25 bits per heavy atom. The first kappa shape index (κ1) is 14.3. The van der Waals surface area contributed by atoms with Crippen molar-refractivity contribution in [2.24, 2.45) is 5.92 Å². The third kappa shape index (κ3) is 3.73. The second-order valence-electron chi connectivity index (χ2n) is 7.44. The average molecular weight is 293 g/mol. The minimum absolute atomic E-state index is 0.167. The first-order valence-electron chi connectivity index (χ1n) is 7.90. The van der Waals surface area contributed by atoms with E-state index in [1.165, 1.54) is 47.9 Å². The van der Waals surface area contributed by atoms with Gasteiger partial charge in [0.1, 0.15) is 0 Å². The first-order chi connectivity index (χ1) is 9.42. The summed E-state index contributed by atoms with van der Waals surface area (Å²) >= 11 is 1.90. The van der Waals surface area contributed by atoms with Crippen molar-refractivity contribution in [1.82, 2.24) is 10.3 Å². The third-order valence-electron chi connectivity index (χ3n) is 4.05. The monoisotopic (exact) mass is 293 g/mol. The zero-order valence-electron chi connectivity index (χ0n) is 13.2. The van der Waals surface area contributed by atoms with Gasteiger partial charge in [0.25, 0.3) is 0 Å². The SMILES string of the molecule is Cc1nc(N(CC2CC2)C2CC2)sc1CNC(C)(C)C. The van der Waals surface area contributed by atoms with Gasteiger partial charge in [-0.25, -0.2) is 4.98 Å². The highest BCUT2D eigenvalue weighted by Gasteiger charge is 2.35. The van der Waals surface area contributed by atoms with Crippen LogP contribution in [0.3, 0.4) is 0 Å². The highest BCUT2D eigenvalue weighted by atomic mass is 32.1. The lowest BCUT2D eigenvalue weighted by Crippen LogP contribution is -2.34. The number of nitrogens with zero attached hydrogens (tertiary/aromatic N) is 2. The van der Waals surface area contributed by atoms with Crippen LogP contribution >= 0.6 is 11.3 Å². The number of hydrogen-bond acceptors (Lipinski definition) is 4. The van der Waals surface area contributed by atoms with Gasteiger partial charge in [0, 0.05) is 29.5 Å². The maximum atomic E-state index is 4.86. The molecule has 1 aromatic rings. The van der Waals surface area contributed by atoms with Gasteiger partial charge in [0.2, 0.25) is 0 Å². The van der Waals surface area contributed by atoms with Gasteiger partial charge in [0.05, 0.1) is 5.69 Å². The second kappa shape index (κ2) is 5.30. The molecule has 0 amide bonds. The quantitative estimate of drug-likeness (QED) is 0.866. The van der Waals surface area contributed by atoms with Crippen molar-refractivity contribution in [2.75, 3.05) is 11.4 Å². The van der Waals surface area contributed by atoms with E-state index in [2.05, 4.69) is 37.9 Å². The van der Waals surface area contributed by atoms with Gasteiger partial charge >= 0.3 is 0 Å². The van der Waals surface area contributed by atoms with Crippen LogP contribution in [-0.4, -0.2) is 23.1 Å². The van der Waals surface area contributed by atoms with Crippen LogP contribution in [0.2, 0.25) is 0 Å². The van der Waals surface area contributed by atoms with E-state index < -0.39 is 0 Å². The summed E-state index contributed by atoms with van der Waals surface area (Å²) in [7, 11) is 0. The lowest BCUT2D eigenvalue weighted by molar-refractivity contribution is 0.425. The van der Waals surface area contributed by atoms with E-state index in [1.54, 1.807) is 0 Å². The normalized spacial score (nSPS) is 19.4. The molecule has 0 radical (unpaired) electrons. The summed E-state index contributed by atoms with van der Waals surface area (Å²) in [6.45, 7) is 11.0. The van der Waals surface area contributed by atoms with E-state index in [-0.39, 0.29) is 5.54 Å². The van der Waals surface area contributed by atoms with Crippen molar-refractivity contribution in [2.45, 2.75) is 71.5 Å². The Labute approximate surface area is 126 Å². The van der Waals surface area contributed by atoms with Crippen molar-refractivity contribution in [3.8, 4) is 0 Å². The summed E-state index contributed by atoms with van der Waals surface area (Å²) in [5.74, 6) is 0.941. The molecule has 1 aromatic heterocycles. The zero-order chi connectivity index (χ0) is 14.3. The maximum Gasteiger partial charge on any atom is 0.186 e. The average Bonchev–Trinajstić information content (AvgIpc) is 3.21. The molecule has 2 fully saturated rings. The highest BCUT2D eigenvalue weighted by molar-refractivity contribution is 7.15. The Kier molecular flexibility index (Phi) is 3.80. The number of aryl methyl sites for hydroxylation is 1. The van der Waals surface area contributed by atoms with Crippen molar-refractivity contribution in [3.05, 3.63) is 10.6 Å². The van der Waals surface area contributed by atoms with Crippen LogP contribution in [0.15, 0.2) is 0 Å². The summed E-state index contributed by atoms with van der Waals surface area (Å²) in [6, 6.07) is 0.782. The smallest absolute Gasteiger partial charge is 0.186 e. The van der Waals surface area contributed by atoms with Crippen LogP contribution in [0.25, 0.3) is 0 Å². The van der Waals surface area contributed by atoms with Crippen molar-refractivity contribution < 1.29 is 0 Å². The van der Waals surface area contributed by atoms with Gasteiger partial charge in [-0.05, 0) is 59.3 Å². The molecule has 4 heteroatoms. The largest absolute Gasteiger partial charge is 0.345 e. The van der Waals surface area contributed by atoms with Crippen LogP contribution in [0.4, 0.5) is 5.13 Å². The molecular weight excluding hydrogens is 266 g/mol. The molecule has 0 spiro atoms. The molecule has 2 aliphatic carbocycles. The Morgan fingerprint density at radius 3 is 2.50 bits per heavy atom. The first-order valence-corrected chi connectivity index (χ1v) is 8.72. The molecular formula is C16H27N3S. The lowest BCUT2D eigenvalue weighted by atomic mass is 10.1. The summed E-state index contributed by atoms with van der Waals surface area (Å²) in [5.41, 5.74) is 1.38. The maximum absolute atomic E-state index is 4.86. The van der Waals surface area contributed by atoms with E-state index in [0.717, 1.165) is 18.5 Å². The summed E-state index contributed by atoms with van der Waals surface area (Å²) in [4.78, 5) is 8.85. The molecule has 0 unspecified atom stereocenters. The van der Waals surface area contributed by atoms with E-state index in [1.807, 2.05) is 11.3 Å². The molecule has 1 heterocycles. The van der Waals surface area contributed by atoms with E-state index in [9.17, 15) is 0 Å². The van der Waals surface area contributed by atoms with E-state index in [4.69, 9.17) is 4.98 Å². The minimum Gasteiger partial charge on any atom is -0.345 e. The Morgan fingerprint density at radius 2 is 1.95 bits per heavy atom. The highest BCUT2D eigenvalue weighted by Crippen LogP contribution is 2.39. The predicted molar refractivity (Wildman–Crippen MR) is 86.5 cm³/mol. The molecule has 112 valence electrons. The van der Waals surface area contributed by atoms with Crippen LogP contribution in [0.1, 0.15) is 57.0 Å². The Balaban J connectivity index is 1.69. The van der Waals surface area contributed by atoms with Crippen molar-refractivity contribution in [1.29, 1.82) is 0 Å². The minimum atomic E-state index is 0.167. The Hall–Kier alpha value is -0.610. The molecule has 2 saturated carbocycles. The fourth-order valence-electron chi connectivity index (χ4n) is 2.39. The van der Waals surface area contributed by atoms with Crippen LogP contribution in [0.5, 0.6) is 0 Å². The molecule has 2 aliphatic rings. The lowest BCUT2D eigenvalue weighted by Gasteiger charge is -2.21. The molecule has 0 aliphatic heterocycles. The molecule has 0 bridgehead atoms. The fraction of sp³-hybridized carbons (Fsp3) is 0.812.